The Balaban J connectivity index is 1.16. The molecule has 2 aliphatic heterocycles. The molecule has 4 rings (SSSR count). The summed E-state index contributed by atoms with van der Waals surface area (Å²) in [4.78, 5) is 17.3. The molecule has 5 nitrogen and oxygen atoms in total. The number of nitrogens with zero attached hydrogens (tertiary/aromatic N) is 2. The molecule has 0 bridgehead atoms. The van der Waals surface area contributed by atoms with Gasteiger partial charge in [-0.05, 0) is 49.7 Å². The van der Waals surface area contributed by atoms with Gasteiger partial charge in [-0.25, -0.2) is 0 Å². The highest BCUT2D eigenvalue weighted by molar-refractivity contribution is 5.96. The summed E-state index contributed by atoms with van der Waals surface area (Å²) in [6, 6.07) is 16.1. The summed E-state index contributed by atoms with van der Waals surface area (Å²) in [5.74, 6) is 1.58. The molecule has 0 saturated carbocycles. The van der Waals surface area contributed by atoms with Crippen LogP contribution in [0.4, 0.5) is 5.69 Å². The third-order valence-electron chi connectivity index (χ3n) is 5.32. The lowest BCUT2D eigenvalue weighted by atomic mass is 10.0. The van der Waals surface area contributed by atoms with Crippen LogP contribution in [0, 0.1) is 0 Å². The van der Waals surface area contributed by atoms with Crippen LogP contribution in [0.5, 0.6) is 11.5 Å². The van der Waals surface area contributed by atoms with E-state index in [1.165, 1.54) is 5.69 Å². The van der Waals surface area contributed by atoms with Crippen molar-refractivity contribution in [3.63, 3.8) is 0 Å². The number of fused-ring (bicyclic) bond motifs is 1. The van der Waals surface area contributed by atoms with Gasteiger partial charge in [0.1, 0.15) is 0 Å². The Morgan fingerprint density at radius 2 is 1.67 bits per heavy atom. The summed E-state index contributed by atoms with van der Waals surface area (Å²) in [5.41, 5.74) is 2.03. The number of rotatable bonds is 7. The second kappa shape index (κ2) is 8.44. The minimum Gasteiger partial charge on any atom is -0.454 e. The molecule has 5 heteroatoms. The molecule has 0 unspecified atom stereocenters. The topological polar surface area (TPSA) is 42.0 Å². The minimum atomic E-state index is 0.183. The highest BCUT2D eigenvalue weighted by atomic mass is 16.7. The number of hydrogen-bond donors (Lipinski definition) is 0. The van der Waals surface area contributed by atoms with E-state index in [0.29, 0.717) is 12.2 Å². The fourth-order valence-electron chi connectivity index (χ4n) is 3.70. The first kappa shape index (κ1) is 17.9. The SMILES string of the molecule is O=C(CCCCN1CCN(c2ccccc2)CC1)c1ccc2c(c1)OCO2. The van der Waals surface area contributed by atoms with Gasteiger partial charge in [-0.3, -0.25) is 9.69 Å². The van der Waals surface area contributed by atoms with Gasteiger partial charge in [0.25, 0.3) is 0 Å². The lowest BCUT2D eigenvalue weighted by Crippen LogP contribution is -2.46. The maximum absolute atomic E-state index is 12.4. The van der Waals surface area contributed by atoms with Gasteiger partial charge in [0, 0.05) is 43.9 Å². The molecule has 1 saturated heterocycles. The Hall–Kier alpha value is -2.53. The normalized spacial score (nSPS) is 16.5. The van der Waals surface area contributed by atoms with E-state index in [1.54, 1.807) is 6.07 Å². The van der Waals surface area contributed by atoms with Crippen molar-refractivity contribution in [1.82, 2.24) is 4.90 Å². The van der Waals surface area contributed by atoms with E-state index < -0.39 is 0 Å². The molecule has 0 N–H and O–H groups in total. The highest BCUT2D eigenvalue weighted by Crippen LogP contribution is 2.32. The number of carbonyl (C=O) groups excluding carboxylic acids is 1. The Morgan fingerprint density at radius 1 is 0.889 bits per heavy atom. The van der Waals surface area contributed by atoms with Gasteiger partial charge in [0.05, 0.1) is 0 Å². The first-order valence-electron chi connectivity index (χ1n) is 9.75. The van der Waals surface area contributed by atoms with Gasteiger partial charge in [0.15, 0.2) is 17.3 Å². The minimum absolute atomic E-state index is 0.183. The predicted molar refractivity (Wildman–Crippen MR) is 106 cm³/mol. The van der Waals surface area contributed by atoms with Crippen LogP contribution in [-0.4, -0.2) is 50.2 Å². The molecule has 0 radical (unpaired) electrons. The van der Waals surface area contributed by atoms with Gasteiger partial charge in [-0.15, -0.1) is 0 Å². The Bertz CT molecular complexity index is 770. The van der Waals surface area contributed by atoms with E-state index in [-0.39, 0.29) is 12.6 Å². The zero-order valence-electron chi connectivity index (χ0n) is 15.6. The monoisotopic (exact) mass is 366 g/mol. The Morgan fingerprint density at radius 3 is 2.48 bits per heavy atom. The van der Waals surface area contributed by atoms with Crippen LogP contribution in [0.25, 0.3) is 0 Å². The lowest BCUT2D eigenvalue weighted by molar-refractivity contribution is 0.0977. The van der Waals surface area contributed by atoms with Crippen molar-refractivity contribution < 1.29 is 14.3 Å². The Kier molecular flexibility index (Phi) is 5.58. The summed E-state index contributed by atoms with van der Waals surface area (Å²) in [6.07, 6.45) is 2.57. The van der Waals surface area contributed by atoms with E-state index in [0.717, 1.165) is 56.9 Å². The van der Waals surface area contributed by atoms with E-state index in [1.807, 2.05) is 12.1 Å². The van der Waals surface area contributed by atoms with Gasteiger partial charge in [0.2, 0.25) is 6.79 Å². The quantitative estimate of drug-likeness (QED) is 0.553. The van der Waals surface area contributed by atoms with E-state index in [2.05, 4.69) is 40.1 Å². The lowest BCUT2D eigenvalue weighted by Gasteiger charge is -2.36. The molecule has 0 aromatic heterocycles. The summed E-state index contributed by atoms with van der Waals surface area (Å²) < 4.78 is 10.6. The van der Waals surface area contributed by atoms with Crippen LogP contribution in [0.15, 0.2) is 48.5 Å². The van der Waals surface area contributed by atoms with Crippen LogP contribution in [-0.2, 0) is 0 Å². The molecule has 142 valence electrons. The zero-order valence-corrected chi connectivity index (χ0v) is 15.6. The molecule has 0 atom stereocenters. The van der Waals surface area contributed by atoms with Crippen molar-refractivity contribution in [2.24, 2.45) is 0 Å². The van der Waals surface area contributed by atoms with E-state index in [9.17, 15) is 4.79 Å². The van der Waals surface area contributed by atoms with Gasteiger partial charge in [-0.2, -0.15) is 0 Å². The molecule has 0 spiro atoms. The molecule has 2 aliphatic rings. The third kappa shape index (κ3) is 4.42. The largest absolute Gasteiger partial charge is 0.454 e. The van der Waals surface area contributed by atoms with E-state index >= 15 is 0 Å². The first-order valence-corrected chi connectivity index (χ1v) is 9.75. The number of piperazine rings is 1. The molecule has 0 amide bonds. The zero-order chi connectivity index (χ0) is 18.5. The van der Waals surface area contributed by atoms with Crippen molar-refractivity contribution in [2.75, 3.05) is 44.4 Å². The van der Waals surface area contributed by atoms with Gasteiger partial charge in [-0.1, -0.05) is 18.2 Å². The number of ketones is 1. The number of hydrogen-bond acceptors (Lipinski definition) is 5. The molecule has 0 aliphatic carbocycles. The van der Waals surface area contributed by atoms with Crippen molar-refractivity contribution >= 4 is 11.5 Å². The third-order valence-corrected chi connectivity index (χ3v) is 5.32. The Labute approximate surface area is 160 Å². The first-order chi connectivity index (χ1) is 13.3. The smallest absolute Gasteiger partial charge is 0.231 e. The molecule has 2 heterocycles. The number of para-hydroxylation sites is 1. The highest BCUT2D eigenvalue weighted by Gasteiger charge is 2.18. The molecule has 27 heavy (non-hydrogen) atoms. The summed E-state index contributed by atoms with van der Waals surface area (Å²) >= 11 is 0. The summed E-state index contributed by atoms with van der Waals surface area (Å²) in [5, 5.41) is 0. The average molecular weight is 366 g/mol. The van der Waals surface area contributed by atoms with Crippen LogP contribution >= 0.6 is 0 Å². The summed E-state index contributed by atoms with van der Waals surface area (Å²) in [6.45, 7) is 5.62. The molecular formula is C22H26N2O3. The van der Waals surface area contributed by atoms with Crippen LogP contribution in [0.1, 0.15) is 29.6 Å². The standard InChI is InChI=1S/C22H26N2O3/c25-20(18-9-10-21-22(16-18)27-17-26-21)8-4-5-11-23-12-14-24(15-13-23)19-6-2-1-3-7-19/h1-3,6-7,9-10,16H,4-5,8,11-15,17H2. The number of carbonyl (C=O) groups is 1. The maximum atomic E-state index is 12.4. The summed E-state index contributed by atoms with van der Waals surface area (Å²) in [7, 11) is 0. The van der Waals surface area contributed by atoms with Crippen molar-refractivity contribution in [3.05, 3.63) is 54.1 Å². The average Bonchev–Trinajstić information content (AvgIpc) is 3.20. The number of ether oxygens (including phenoxy) is 2. The van der Waals surface area contributed by atoms with Crippen LogP contribution in [0.2, 0.25) is 0 Å². The number of benzene rings is 2. The van der Waals surface area contributed by atoms with Crippen LogP contribution < -0.4 is 14.4 Å². The predicted octanol–water partition coefficient (Wildman–Crippen LogP) is 3.59. The van der Waals surface area contributed by atoms with E-state index in [4.69, 9.17) is 9.47 Å². The fraction of sp³-hybridized carbons (Fsp3) is 0.409. The number of anilines is 1. The second-order valence-electron chi connectivity index (χ2n) is 7.11. The van der Waals surface area contributed by atoms with Crippen molar-refractivity contribution in [3.8, 4) is 11.5 Å². The molecule has 2 aromatic carbocycles. The fourth-order valence-corrected chi connectivity index (χ4v) is 3.70. The van der Waals surface area contributed by atoms with Gasteiger partial charge >= 0.3 is 0 Å². The number of Topliss-reactive ketones (excluding diaryl/α,β-unsaturated/α-hetero) is 1. The molecule has 1 fully saturated rings. The second-order valence-corrected chi connectivity index (χ2v) is 7.11. The number of unbranched alkanes of at least 4 members (excludes halogenated alkanes) is 1. The van der Waals surface area contributed by atoms with Crippen LogP contribution in [0.3, 0.4) is 0 Å². The van der Waals surface area contributed by atoms with Gasteiger partial charge < -0.3 is 14.4 Å². The molecule has 2 aromatic rings. The van der Waals surface area contributed by atoms with Crippen molar-refractivity contribution in [2.45, 2.75) is 19.3 Å². The maximum Gasteiger partial charge on any atom is 0.231 e. The van der Waals surface area contributed by atoms with Crippen molar-refractivity contribution in [1.29, 1.82) is 0 Å². The molecular weight excluding hydrogens is 340 g/mol.